The summed E-state index contributed by atoms with van der Waals surface area (Å²) in [4.78, 5) is 19.6. The Balaban J connectivity index is 1.43. The smallest absolute Gasteiger partial charge is 0.257 e. The van der Waals surface area contributed by atoms with Crippen LogP contribution in [0.2, 0.25) is 0 Å². The highest BCUT2D eigenvalue weighted by Gasteiger charge is 2.20. The predicted octanol–water partition coefficient (Wildman–Crippen LogP) is 3.94. The van der Waals surface area contributed by atoms with E-state index in [0.29, 0.717) is 11.0 Å². The molecular formula is C21H23N3O2S. The summed E-state index contributed by atoms with van der Waals surface area (Å²) in [6.45, 7) is 2.06. The minimum Gasteiger partial charge on any atom is -0.431 e. The minimum absolute atomic E-state index is 0.0123. The predicted molar refractivity (Wildman–Crippen MR) is 108 cm³/mol. The number of piperidine rings is 1. The molecule has 1 amide bonds. The van der Waals surface area contributed by atoms with E-state index in [0.717, 1.165) is 48.2 Å². The van der Waals surface area contributed by atoms with Crippen molar-refractivity contribution in [3.63, 3.8) is 0 Å². The third-order valence-electron chi connectivity index (χ3n) is 4.94. The van der Waals surface area contributed by atoms with E-state index in [4.69, 9.17) is 4.42 Å². The summed E-state index contributed by atoms with van der Waals surface area (Å²) in [6.07, 6.45) is 2.00. The van der Waals surface area contributed by atoms with Crippen LogP contribution >= 0.6 is 11.8 Å². The molecule has 1 N–H and O–H groups in total. The average Bonchev–Trinajstić information content (AvgIpc) is 3.11. The molecule has 0 saturated carbocycles. The van der Waals surface area contributed by atoms with Crippen LogP contribution in [0.3, 0.4) is 0 Å². The van der Waals surface area contributed by atoms with E-state index in [2.05, 4.69) is 22.2 Å². The summed E-state index contributed by atoms with van der Waals surface area (Å²) in [5, 5.41) is 3.83. The van der Waals surface area contributed by atoms with Gasteiger partial charge in [-0.2, -0.15) is 0 Å². The van der Waals surface area contributed by atoms with Crippen LogP contribution in [0.5, 0.6) is 0 Å². The van der Waals surface area contributed by atoms with Gasteiger partial charge in [-0.05, 0) is 56.7 Å². The number of oxazole rings is 1. The van der Waals surface area contributed by atoms with E-state index in [9.17, 15) is 4.79 Å². The van der Waals surface area contributed by atoms with Crippen LogP contribution < -0.4 is 5.32 Å². The highest BCUT2D eigenvalue weighted by atomic mass is 32.2. The fourth-order valence-electron chi connectivity index (χ4n) is 3.34. The Labute approximate surface area is 163 Å². The van der Waals surface area contributed by atoms with Gasteiger partial charge in [-0.25, -0.2) is 4.98 Å². The maximum Gasteiger partial charge on any atom is 0.257 e. The summed E-state index contributed by atoms with van der Waals surface area (Å²) in [5.41, 5.74) is 3.37. The third kappa shape index (κ3) is 4.34. The van der Waals surface area contributed by atoms with Gasteiger partial charge in [0.15, 0.2) is 5.58 Å². The van der Waals surface area contributed by atoms with E-state index in [1.807, 2.05) is 48.5 Å². The molecule has 140 valence electrons. The topological polar surface area (TPSA) is 58.4 Å². The molecule has 0 atom stereocenters. The van der Waals surface area contributed by atoms with Crippen molar-refractivity contribution < 1.29 is 9.21 Å². The summed E-state index contributed by atoms with van der Waals surface area (Å²) in [5.74, 6) is 0.655. The first-order chi connectivity index (χ1) is 13.2. The second kappa shape index (κ2) is 8.15. The van der Waals surface area contributed by atoms with Gasteiger partial charge in [0.2, 0.25) is 0 Å². The van der Waals surface area contributed by atoms with Crippen LogP contribution in [-0.4, -0.2) is 42.0 Å². The second-order valence-corrected chi connectivity index (χ2v) is 7.87. The minimum atomic E-state index is 0.0123. The van der Waals surface area contributed by atoms with Crippen LogP contribution in [0, 0.1) is 0 Å². The largest absolute Gasteiger partial charge is 0.431 e. The molecule has 2 aromatic carbocycles. The Morgan fingerprint density at radius 3 is 2.74 bits per heavy atom. The van der Waals surface area contributed by atoms with Gasteiger partial charge in [-0.15, -0.1) is 0 Å². The molecular weight excluding hydrogens is 358 g/mol. The zero-order chi connectivity index (χ0) is 18.6. The number of hydrogen-bond acceptors (Lipinski definition) is 5. The number of thioether (sulfide) groups is 1. The maximum atomic E-state index is 12.8. The molecule has 1 aliphatic rings. The van der Waals surface area contributed by atoms with E-state index < -0.39 is 0 Å². The summed E-state index contributed by atoms with van der Waals surface area (Å²) in [7, 11) is 2.12. The lowest BCUT2D eigenvalue weighted by Crippen LogP contribution is -2.43. The van der Waals surface area contributed by atoms with Crippen LogP contribution in [0.1, 0.15) is 28.8 Å². The molecule has 2 heterocycles. The van der Waals surface area contributed by atoms with Crippen LogP contribution in [-0.2, 0) is 5.75 Å². The van der Waals surface area contributed by atoms with Crippen molar-refractivity contribution in [2.45, 2.75) is 29.9 Å². The number of hydrogen-bond donors (Lipinski definition) is 1. The Morgan fingerprint density at radius 2 is 1.93 bits per heavy atom. The second-order valence-electron chi connectivity index (χ2n) is 6.94. The van der Waals surface area contributed by atoms with E-state index >= 15 is 0 Å². The molecule has 5 nitrogen and oxygen atoms in total. The first-order valence-electron chi connectivity index (χ1n) is 9.25. The Hall–Kier alpha value is -2.31. The number of para-hydroxylation sites is 2. The molecule has 6 heteroatoms. The molecule has 1 aliphatic heterocycles. The van der Waals surface area contributed by atoms with Crippen molar-refractivity contribution in [2.75, 3.05) is 20.1 Å². The summed E-state index contributed by atoms with van der Waals surface area (Å²) < 4.78 is 5.77. The highest BCUT2D eigenvalue weighted by molar-refractivity contribution is 7.98. The molecule has 0 aliphatic carbocycles. The number of nitrogens with zero attached hydrogens (tertiary/aromatic N) is 2. The Morgan fingerprint density at radius 1 is 1.19 bits per heavy atom. The van der Waals surface area contributed by atoms with Crippen molar-refractivity contribution >= 4 is 28.8 Å². The van der Waals surface area contributed by atoms with Crippen molar-refractivity contribution in [1.29, 1.82) is 0 Å². The lowest BCUT2D eigenvalue weighted by atomic mass is 10.0. The van der Waals surface area contributed by atoms with Gasteiger partial charge >= 0.3 is 0 Å². The quantitative estimate of drug-likeness (QED) is 0.678. The molecule has 0 spiro atoms. The number of rotatable bonds is 5. The zero-order valence-electron chi connectivity index (χ0n) is 15.4. The van der Waals surface area contributed by atoms with Crippen molar-refractivity contribution in [2.24, 2.45) is 0 Å². The third-order valence-corrected chi connectivity index (χ3v) is 5.82. The molecule has 1 fully saturated rings. The first kappa shape index (κ1) is 18.1. The molecule has 1 saturated heterocycles. The Bertz CT molecular complexity index is 899. The van der Waals surface area contributed by atoms with Gasteiger partial charge in [-0.3, -0.25) is 4.79 Å². The van der Waals surface area contributed by atoms with E-state index in [1.165, 1.54) is 11.8 Å². The van der Waals surface area contributed by atoms with Gasteiger partial charge in [0.1, 0.15) is 5.52 Å². The van der Waals surface area contributed by atoms with Gasteiger partial charge in [0.25, 0.3) is 11.1 Å². The molecule has 1 aromatic heterocycles. The summed E-state index contributed by atoms with van der Waals surface area (Å²) >= 11 is 1.51. The first-order valence-corrected chi connectivity index (χ1v) is 10.2. The van der Waals surface area contributed by atoms with E-state index in [1.54, 1.807) is 0 Å². The molecule has 0 radical (unpaired) electrons. The lowest BCUT2D eigenvalue weighted by molar-refractivity contribution is 0.0916. The number of nitrogens with one attached hydrogen (secondary N) is 1. The fraction of sp³-hybridized carbons (Fsp3) is 0.333. The maximum absolute atomic E-state index is 12.8. The van der Waals surface area contributed by atoms with Gasteiger partial charge in [0, 0.05) is 17.4 Å². The molecule has 4 rings (SSSR count). The van der Waals surface area contributed by atoms with Gasteiger partial charge in [0.05, 0.1) is 0 Å². The normalized spacial score (nSPS) is 15.9. The van der Waals surface area contributed by atoms with Crippen molar-refractivity contribution in [3.05, 3.63) is 59.7 Å². The van der Waals surface area contributed by atoms with Crippen molar-refractivity contribution in [3.8, 4) is 0 Å². The number of carbonyl (C=O) groups excluding carboxylic acids is 1. The number of benzene rings is 2. The Kier molecular flexibility index (Phi) is 5.45. The number of aromatic nitrogens is 1. The highest BCUT2D eigenvalue weighted by Crippen LogP contribution is 2.27. The van der Waals surface area contributed by atoms with Gasteiger partial charge in [-0.1, -0.05) is 42.1 Å². The van der Waals surface area contributed by atoms with E-state index in [-0.39, 0.29) is 11.9 Å². The number of carbonyl (C=O) groups is 1. The molecule has 27 heavy (non-hydrogen) atoms. The van der Waals surface area contributed by atoms with Crippen LogP contribution in [0.15, 0.2) is 58.2 Å². The van der Waals surface area contributed by atoms with Gasteiger partial charge < -0.3 is 14.6 Å². The monoisotopic (exact) mass is 381 g/mol. The average molecular weight is 382 g/mol. The SMILES string of the molecule is CN1CCC(NC(=O)c2ccccc2CSc2nc3ccccc3o2)CC1. The number of amides is 1. The molecule has 3 aromatic rings. The fourth-order valence-corrected chi connectivity index (χ4v) is 4.18. The van der Waals surface area contributed by atoms with Crippen molar-refractivity contribution in [1.82, 2.24) is 15.2 Å². The van der Waals surface area contributed by atoms with Crippen LogP contribution in [0.4, 0.5) is 0 Å². The number of fused-ring (bicyclic) bond motifs is 1. The molecule has 0 bridgehead atoms. The zero-order valence-corrected chi connectivity index (χ0v) is 16.2. The standard InChI is InChI=1S/C21H23N3O2S/c1-24-12-10-16(11-13-24)22-20(25)17-7-3-2-6-15(17)14-27-21-23-18-8-4-5-9-19(18)26-21/h2-9,16H,10-14H2,1H3,(H,22,25). The molecule has 0 unspecified atom stereocenters. The summed E-state index contributed by atoms with van der Waals surface area (Å²) in [6, 6.07) is 15.8. The van der Waals surface area contributed by atoms with Crippen LogP contribution in [0.25, 0.3) is 11.1 Å². The lowest BCUT2D eigenvalue weighted by Gasteiger charge is -2.29. The number of likely N-dealkylation sites (tertiary alicyclic amines) is 1.